The van der Waals surface area contributed by atoms with Crippen LogP contribution in [0.4, 0.5) is 5.69 Å². The van der Waals surface area contributed by atoms with Crippen LogP contribution in [0.15, 0.2) is 29.3 Å². The lowest BCUT2D eigenvalue weighted by atomic mass is 9.96. The van der Waals surface area contributed by atoms with E-state index in [1.165, 1.54) is 17.9 Å². The number of methoxy groups -OCH3 is 1. The molecule has 1 aliphatic rings. The Kier molecular flexibility index (Phi) is 68.8. The standard InChI is InChI=1S/C87H150N10O30/c1-5-69(2)82(94-84(108)74(26-28-81(105)106)92-83(107)73(25-27-80(103)104)91-77(99)21-16-14-12-10-8-6-7-9-11-13-15-17-22-79(101)102)85(109)93-75(87(111)96-33-31-95(32-34-96)70-23-24-72-71(66-70)86(110)97(68-90-72)67-78(100)88-3)20-18-19-30-89-76(98)29-35-113-38-39-115-42-43-117-46-47-119-50-51-121-54-55-123-58-59-125-62-63-127-65-64-126-61-60-124-57-56-122-53-52-120-49-48-118-45-44-116-41-40-114-37-36-112-4/h23-24,66,68-69,73-75,82H,5-22,25-65,67H2,1-4H3,(H,88,100)(H,89,98)(H,91,99)(H,92,107)(H,93,109)(H,94,108)(H,101,102)(H,103,104)(H,105,106)/t69-,73-,74-,75-,82-/m0/s1. The van der Waals surface area contributed by atoms with Crippen LogP contribution < -0.4 is 42.4 Å². The molecular weight excluding hydrogens is 1660 g/mol. The number of rotatable bonds is 87. The van der Waals surface area contributed by atoms with Gasteiger partial charge in [-0.1, -0.05) is 84.5 Å². The molecule has 1 saturated heterocycles. The maximum atomic E-state index is 14.8. The number of aromatic nitrogens is 2. The van der Waals surface area contributed by atoms with E-state index in [-0.39, 0.29) is 89.9 Å². The van der Waals surface area contributed by atoms with Crippen molar-refractivity contribution in [2.45, 2.75) is 192 Å². The van der Waals surface area contributed by atoms with Crippen LogP contribution in [0.1, 0.15) is 162 Å². The molecule has 5 atom stereocenters. The number of carbonyl (C=O) groups excluding carboxylic acids is 7. The molecule has 1 aliphatic heterocycles. The van der Waals surface area contributed by atoms with Gasteiger partial charge in [0.2, 0.25) is 41.4 Å². The summed E-state index contributed by atoms with van der Waals surface area (Å²) in [6, 6.07) is -0.232. The lowest BCUT2D eigenvalue weighted by Gasteiger charge is -2.38. The van der Waals surface area contributed by atoms with E-state index < -0.39 is 102 Å². The van der Waals surface area contributed by atoms with E-state index in [2.05, 4.69) is 36.9 Å². The molecule has 40 heteroatoms. The van der Waals surface area contributed by atoms with Gasteiger partial charge in [0.05, 0.1) is 222 Å². The van der Waals surface area contributed by atoms with Gasteiger partial charge in [0.1, 0.15) is 30.7 Å². The SMILES string of the molecule is CC[C@H](C)[C@H](NC(=O)[C@H](CCC(=O)O)NC(=O)[C@H](CCC(=O)O)NC(=O)CCCCCCCCCCCCCCC(=O)O)C(=O)N[C@@H](CCCCNC(=O)CCOCCOCCOCCOCCOCCOCCOCCOCCOCCOCCOCCOCCOCCOCCOCCOC)C(=O)N1CCN(c2ccc3ncn(CC(=O)NC)c(=O)c3c2)CC1. The fourth-order valence-corrected chi connectivity index (χ4v) is 12.8. The molecule has 728 valence electrons. The minimum atomic E-state index is -1.57. The van der Waals surface area contributed by atoms with Crippen molar-refractivity contribution in [1.82, 2.24) is 46.4 Å². The molecule has 0 saturated carbocycles. The molecule has 0 spiro atoms. The molecule has 40 nitrogen and oxygen atoms in total. The second-order valence-electron chi connectivity index (χ2n) is 30.3. The maximum absolute atomic E-state index is 14.8. The number of anilines is 1. The van der Waals surface area contributed by atoms with E-state index in [9.17, 15) is 63.0 Å². The Labute approximate surface area is 747 Å². The number of amides is 7. The van der Waals surface area contributed by atoms with Gasteiger partial charge in [0.25, 0.3) is 5.56 Å². The number of carboxylic acid groups (broad SMARTS) is 3. The Morgan fingerprint density at radius 1 is 0.402 bits per heavy atom. The Hall–Kier alpha value is -7.78. The first kappa shape index (κ1) is 113. The molecule has 7 amide bonds. The summed E-state index contributed by atoms with van der Waals surface area (Å²) in [5, 5.41) is 44.6. The fraction of sp³-hybridized carbons (Fsp3) is 0.793. The normalized spacial score (nSPS) is 13.4. The van der Waals surface area contributed by atoms with Crippen molar-refractivity contribution in [3.63, 3.8) is 0 Å². The van der Waals surface area contributed by atoms with Crippen molar-refractivity contribution in [3.05, 3.63) is 34.9 Å². The van der Waals surface area contributed by atoms with Crippen LogP contribution in [0.3, 0.4) is 0 Å². The molecule has 1 aromatic heterocycles. The highest BCUT2D eigenvalue weighted by Crippen LogP contribution is 2.23. The second-order valence-corrected chi connectivity index (χ2v) is 30.3. The molecule has 0 aliphatic carbocycles. The molecule has 2 heterocycles. The van der Waals surface area contributed by atoms with Gasteiger partial charge < -0.3 is 133 Å². The zero-order valence-corrected chi connectivity index (χ0v) is 75.8. The minimum Gasteiger partial charge on any atom is -0.481 e. The van der Waals surface area contributed by atoms with Gasteiger partial charge in [-0.15, -0.1) is 0 Å². The molecule has 2 aromatic rings. The van der Waals surface area contributed by atoms with Crippen LogP contribution in [0, 0.1) is 5.92 Å². The Morgan fingerprint density at radius 3 is 1.18 bits per heavy atom. The number of likely N-dealkylation sites (N-methyl/N-ethyl adjacent to an activating group) is 1. The van der Waals surface area contributed by atoms with Gasteiger partial charge in [-0.2, -0.15) is 0 Å². The molecule has 0 unspecified atom stereocenters. The summed E-state index contributed by atoms with van der Waals surface area (Å²) in [4.78, 5) is 152. The molecule has 9 N–H and O–H groups in total. The van der Waals surface area contributed by atoms with Crippen LogP contribution in [0.5, 0.6) is 0 Å². The molecule has 0 radical (unpaired) electrons. The van der Waals surface area contributed by atoms with E-state index in [0.717, 1.165) is 64.2 Å². The van der Waals surface area contributed by atoms with Gasteiger partial charge in [0, 0.05) is 84.7 Å². The van der Waals surface area contributed by atoms with Crippen molar-refractivity contribution in [3.8, 4) is 0 Å². The van der Waals surface area contributed by atoms with Crippen LogP contribution >= 0.6 is 0 Å². The summed E-state index contributed by atoms with van der Waals surface area (Å²) < 4.78 is 88.9. The number of nitrogens with zero attached hydrogens (tertiary/aromatic N) is 4. The molecule has 1 fully saturated rings. The van der Waals surface area contributed by atoms with E-state index >= 15 is 0 Å². The first-order valence-corrected chi connectivity index (χ1v) is 45.3. The number of aliphatic carboxylic acids is 3. The summed E-state index contributed by atoms with van der Waals surface area (Å²) >= 11 is 0. The smallest absolute Gasteiger partial charge is 0.303 e. The predicted molar refractivity (Wildman–Crippen MR) is 468 cm³/mol. The number of benzene rings is 1. The van der Waals surface area contributed by atoms with Crippen molar-refractivity contribution >= 4 is 75.8 Å². The van der Waals surface area contributed by atoms with Gasteiger partial charge in [-0.05, 0) is 69.1 Å². The third-order valence-corrected chi connectivity index (χ3v) is 20.2. The lowest BCUT2D eigenvalue weighted by Crippen LogP contribution is -2.60. The topological polar surface area (TPSA) is 493 Å². The number of carbonyl (C=O) groups is 10. The summed E-state index contributed by atoms with van der Waals surface area (Å²) in [7, 11) is 3.10. The van der Waals surface area contributed by atoms with Crippen LogP contribution in [-0.2, 0) is 130 Å². The number of hydrogen-bond acceptors (Lipinski definition) is 29. The minimum absolute atomic E-state index is 0.0472. The van der Waals surface area contributed by atoms with Crippen molar-refractivity contribution in [1.29, 1.82) is 0 Å². The number of nitrogens with one attached hydrogen (secondary N) is 6. The second kappa shape index (κ2) is 77.0. The number of piperazine rings is 1. The third kappa shape index (κ3) is 59.2. The van der Waals surface area contributed by atoms with E-state index in [1.54, 1.807) is 38.0 Å². The molecule has 3 rings (SSSR count). The first-order chi connectivity index (χ1) is 61.8. The zero-order valence-electron chi connectivity index (χ0n) is 75.8. The fourth-order valence-electron chi connectivity index (χ4n) is 12.8. The molecule has 1 aromatic carbocycles. The largest absolute Gasteiger partial charge is 0.481 e. The number of unbranched alkanes of at least 4 members (excludes halogenated alkanes) is 12. The highest BCUT2D eigenvalue weighted by molar-refractivity contribution is 5.96. The van der Waals surface area contributed by atoms with Gasteiger partial charge in [-0.25, -0.2) is 4.98 Å². The average molecular weight is 1820 g/mol. The summed E-state index contributed by atoms with van der Waals surface area (Å²) in [6.45, 7) is 17.9. The monoisotopic (exact) mass is 1820 g/mol. The van der Waals surface area contributed by atoms with Crippen molar-refractivity contribution in [2.75, 3.05) is 257 Å². The van der Waals surface area contributed by atoms with E-state index in [0.29, 0.717) is 247 Å². The number of fused-ring (bicyclic) bond motifs is 1. The van der Waals surface area contributed by atoms with Gasteiger partial charge in [0.15, 0.2) is 0 Å². The number of carboxylic acids is 3. The number of ether oxygens (including phenoxy) is 16. The maximum Gasteiger partial charge on any atom is 0.303 e. The summed E-state index contributed by atoms with van der Waals surface area (Å²) in [5.41, 5.74) is 0.715. The van der Waals surface area contributed by atoms with Crippen LogP contribution in [0.2, 0.25) is 0 Å². The Morgan fingerprint density at radius 2 is 0.780 bits per heavy atom. The van der Waals surface area contributed by atoms with Crippen LogP contribution in [0.25, 0.3) is 10.9 Å². The van der Waals surface area contributed by atoms with Gasteiger partial charge in [-0.3, -0.25) is 57.3 Å². The average Bonchev–Trinajstić information content (AvgIpc) is 0.789. The first-order valence-electron chi connectivity index (χ1n) is 45.3. The zero-order chi connectivity index (χ0) is 92.2. The molecular formula is C87H150N10O30. The highest BCUT2D eigenvalue weighted by atomic mass is 16.6. The van der Waals surface area contributed by atoms with Gasteiger partial charge >= 0.3 is 17.9 Å². The Balaban J connectivity index is 1.34. The van der Waals surface area contributed by atoms with E-state index in [4.69, 9.17) is 80.9 Å². The Bertz CT molecular complexity index is 3320. The van der Waals surface area contributed by atoms with Crippen LogP contribution in [-0.4, -0.2) is 365 Å². The number of hydrogen-bond donors (Lipinski definition) is 9. The van der Waals surface area contributed by atoms with Crippen molar-refractivity contribution < 1.29 is 139 Å². The summed E-state index contributed by atoms with van der Waals surface area (Å²) in [5.74, 6) is -8.08. The van der Waals surface area contributed by atoms with Crippen molar-refractivity contribution in [2.24, 2.45) is 5.92 Å². The molecule has 0 bridgehead atoms. The summed E-state index contributed by atoms with van der Waals surface area (Å²) in [6.07, 6.45) is 12.0. The highest BCUT2D eigenvalue weighted by Gasteiger charge is 2.36. The quantitative estimate of drug-likeness (QED) is 0.0427. The molecule has 127 heavy (non-hydrogen) atoms. The third-order valence-electron chi connectivity index (χ3n) is 20.2. The van der Waals surface area contributed by atoms with E-state index in [1.807, 2.05) is 11.0 Å². The lowest BCUT2D eigenvalue weighted by molar-refractivity contribution is -0.140. The predicted octanol–water partition coefficient (Wildman–Crippen LogP) is 3.62.